The molecule has 8 heavy (non-hydrogen) atoms. The molecule has 0 aliphatic rings. The second-order valence-corrected chi connectivity index (χ2v) is 1.15. The fraction of sp³-hybridized carbons (Fsp3) is 0.333. The van der Waals surface area contributed by atoms with Gasteiger partial charge in [0.25, 0.3) is 0 Å². The summed E-state index contributed by atoms with van der Waals surface area (Å²) in [6, 6.07) is 0. The van der Waals surface area contributed by atoms with E-state index < -0.39 is 0 Å². The predicted molar refractivity (Wildman–Crippen MR) is 37.5 cm³/mol. The van der Waals surface area contributed by atoms with Crippen LogP contribution in [0.25, 0.3) is 0 Å². The van der Waals surface area contributed by atoms with Crippen molar-refractivity contribution < 1.29 is 0 Å². The highest BCUT2D eigenvalue weighted by Crippen LogP contribution is 1.69. The molecule has 0 rings (SSSR count). The third kappa shape index (κ3) is 5.08. The average molecular weight is 110 g/mol. The van der Waals surface area contributed by atoms with Crippen LogP contribution >= 0.6 is 0 Å². The van der Waals surface area contributed by atoms with Crippen LogP contribution in [0, 0.1) is 0 Å². The summed E-state index contributed by atoms with van der Waals surface area (Å²) in [5.41, 5.74) is 0. The van der Waals surface area contributed by atoms with Crippen LogP contribution in [0.1, 0.15) is 13.8 Å². The maximum absolute atomic E-state index is 3.78. The highest BCUT2D eigenvalue weighted by atomic mass is 14.8. The summed E-state index contributed by atoms with van der Waals surface area (Å²) in [4.78, 5) is 7.52. The monoisotopic (exact) mass is 110 g/mol. The third-order valence-corrected chi connectivity index (χ3v) is 0.518. The van der Waals surface area contributed by atoms with Gasteiger partial charge in [-0.3, -0.25) is 0 Å². The Labute approximate surface area is 49.7 Å². The van der Waals surface area contributed by atoms with E-state index in [0.29, 0.717) is 0 Å². The molecule has 0 aromatic carbocycles. The van der Waals surface area contributed by atoms with E-state index in [9.17, 15) is 0 Å². The first-order valence-corrected chi connectivity index (χ1v) is 2.52. The van der Waals surface area contributed by atoms with Crippen LogP contribution in [0.2, 0.25) is 0 Å². The van der Waals surface area contributed by atoms with E-state index in [0.717, 1.165) is 0 Å². The lowest BCUT2D eigenvalue weighted by Crippen LogP contribution is -1.62. The zero-order valence-corrected chi connectivity index (χ0v) is 5.20. The molecule has 0 unspecified atom stereocenters. The minimum Gasteiger partial charge on any atom is -0.250 e. The van der Waals surface area contributed by atoms with Crippen molar-refractivity contribution >= 4 is 12.6 Å². The Hall–Kier alpha value is -0.920. The molecule has 2 nitrogen and oxygen atoms in total. The SMILES string of the molecule is C\C=C/N=C\N=C\C. The van der Waals surface area contributed by atoms with Crippen LogP contribution < -0.4 is 0 Å². The van der Waals surface area contributed by atoms with Crippen molar-refractivity contribution in [2.24, 2.45) is 9.98 Å². The Morgan fingerprint density at radius 1 is 1.12 bits per heavy atom. The van der Waals surface area contributed by atoms with Crippen LogP contribution in [-0.2, 0) is 0 Å². The second-order valence-electron chi connectivity index (χ2n) is 1.15. The fourth-order valence-corrected chi connectivity index (χ4v) is 0.230. The molecule has 0 aliphatic carbocycles. The van der Waals surface area contributed by atoms with E-state index in [1.54, 1.807) is 12.4 Å². The normalized spacial score (nSPS) is 12.8. The molecule has 0 radical (unpaired) electrons. The van der Waals surface area contributed by atoms with Gasteiger partial charge in [-0.05, 0) is 13.8 Å². The smallest absolute Gasteiger partial charge is 0.114 e. The quantitative estimate of drug-likeness (QED) is 0.381. The molecule has 44 valence electrons. The molecule has 2 heteroatoms. The molecule has 0 atom stereocenters. The molecular weight excluding hydrogens is 100 g/mol. The molecule has 0 spiro atoms. The van der Waals surface area contributed by atoms with E-state index in [2.05, 4.69) is 9.98 Å². The van der Waals surface area contributed by atoms with Crippen molar-refractivity contribution in [3.8, 4) is 0 Å². The van der Waals surface area contributed by atoms with E-state index in [1.807, 2.05) is 19.9 Å². The van der Waals surface area contributed by atoms with E-state index in [-0.39, 0.29) is 0 Å². The summed E-state index contributed by atoms with van der Waals surface area (Å²) in [7, 11) is 0. The van der Waals surface area contributed by atoms with E-state index >= 15 is 0 Å². The first-order valence-electron chi connectivity index (χ1n) is 2.52. The van der Waals surface area contributed by atoms with Gasteiger partial charge in [-0.15, -0.1) is 0 Å². The molecule has 0 aliphatic heterocycles. The number of allylic oxidation sites excluding steroid dienone is 1. The Morgan fingerprint density at radius 3 is 2.38 bits per heavy atom. The lowest BCUT2D eigenvalue weighted by Gasteiger charge is -1.69. The van der Waals surface area contributed by atoms with Crippen molar-refractivity contribution in [2.75, 3.05) is 0 Å². The molecule has 0 aromatic heterocycles. The van der Waals surface area contributed by atoms with Crippen molar-refractivity contribution in [2.45, 2.75) is 13.8 Å². The zero-order valence-electron chi connectivity index (χ0n) is 5.20. The lowest BCUT2D eigenvalue weighted by molar-refractivity contribution is 1.52. The summed E-state index contributed by atoms with van der Waals surface area (Å²) in [5, 5.41) is 0. The minimum atomic E-state index is 1.50. The van der Waals surface area contributed by atoms with Crippen molar-refractivity contribution in [3.05, 3.63) is 12.3 Å². The summed E-state index contributed by atoms with van der Waals surface area (Å²) < 4.78 is 0. The van der Waals surface area contributed by atoms with Gasteiger partial charge in [0.1, 0.15) is 6.34 Å². The Bertz CT molecular complexity index is 97.7. The van der Waals surface area contributed by atoms with Gasteiger partial charge < -0.3 is 0 Å². The average Bonchev–Trinajstić information content (AvgIpc) is 1.81. The maximum atomic E-state index is 3.78. The zero-order chi connectivity index (χ0) is 6.24. The lowest BCUT2D eigenvalue weighted by atomic mass is 10.7. The molecule has 0 amide bonds. The van der Waals surface area contributed by atoms with Crippen LogP contribution in [-0.4, -0.2) is 12.6 Å². The number of nitrogens with zero attached hydrogens (tertiary/aromatic N) is 2. The van der Waals surface area contributed by atoms with Gasteiger partial charge in [-0.25, -0.2) is 9.98 Å². The standard InChI is InChI=1S/C6H10N2/c1-3-5-8-6-7-4-2/h3-6H,1-2H3/b5-3-,7-4+,8-6-. The van der Waals surface area contributed by atoms with Gasteiger partial charge in [-0.1, -0.05) is 6.08 Å². The summed E-state index contributed by atoms with van der Waals surface area (Å²) in [6.07, 6.45) is 6.72. The van der Waals surface area contributed by atoms with Gasteiger partial charge >= 0.3 is 0 Å². The number of aliphatic imine (C=N–C) groups is 2. The second kappa shape index (κ2) is 6.08. The van der Waals surface area contributed by atoms with Crippen molar-refractivity contribution in [1.29, 1.82) is 0 Å². The molecule has 0 aromatic rings. The number of rotatable bonds is 2. The molecule has 0 saturated carbocycles. The topological polar surface area (TPSA) is 24.7 Å². The number of hydrogen-bond donors (Lipinski definition) is 0. The van der Waals surface area contributed by atoms with Crippen LogP contribution in [0.5, 0.6) is 0 Å². The van der Waals surface area contributed by atoms with Gasteiger partial charge in [0.2, 0.25) is 0 Å². The predicted octanol–water partition coefficient (Wildman–Crippen LogP) is 1.64. The van der Waals surface area contributed by atoms with Crippen molar-refractivity contribution in [3.63, 3.8) is 0 Å². The Kier molecular flexibility index (Phi) is 5.38. The van der Waals surface area contributed by atoms with Gasteiger partial charge in [0, 0.05) is 12.4 Å². The van der Waals surface area contributed by atoms with Crippen LogP contribution in [0.15, 0.2) is 22.3 Å². The van der Waals surface area contributed by atoms with E-state index in [1.165, 1.54) is 6.34 Å². The first kappa shape index (κ1) is 7.08. The summed E-state index contributed by atoms with van der Waals surface area (Å²) in [5.74, 6) is 0. The number of hydrogen-bond acceptors (Lipinski definition) is 1. The van der Waals surface area contributed by atoms with Gasteiger partial charge in [0.15, 0.2) is 0 Å². The van der Waals surface area contributed by atoms with E-state index in [4.69, 9.17) is 0 Å². The minimum absolute atomic E-state index is 1.50. The van der Waals surface area contributed by atoms with Crippen LogP contribution in [0.3, 0.4) is 0 Å². The first-order chi connectivity index (χ1) is 3.91. The Balaban J connectivity index is 3.35. The molecule has 0 heterocycles. The Morgan fingerprint density at radius 2 is 1.88 bits per heavy atom. The molecular formula is C6H10N2. The van der Waals surface area contributed by atoms with Gasteiger partial charge in [-0.2, -0.15) is 0 Å². The van der Waals surface area contributed by atoms with Gasteiger partial charge in [0.05, 0.1) is 0 Å². The fourth-order valence-electron chi connectivity index (χ4n) is 0.230. The molecule has 0 saturated heterocycles. The summed E-state index contributed by atoms with van der Waals surface area (Å²) in [6.45, 7) is 3.76. The molecule has 0 fully saturated rings. The highest BCUT2D eigenvalue weighted by molar-refractivity contribution is 5.70. The maximum Gasteiger partial charge on any atom is 0.114 e. The largest absolute Gasteiger partial charge is 0.250 e. The molecule has 0 bridgehead atoms. The third-order valence-electron chi connectivity index (χ3n) is 0.518. The summed E-state index contributed by atoms with van der Waals surface area (Å²) >= 11 is 0. The van der Waals surface area contributed by atoms with Crippen molar-refractivity contribution in [1.82, 2.24) is 0 Å². The highest BCUT2D eigenvalue weighted by Gasteiger charge is 1.55. The van der Waals surface area contributed by atoms with Crippen LogP contribution in [0.4, 0.5) is 0 Å². The molecule has 0 N–H and O–H groups in total.